The molecule has 29 heavy (non-hydrogen) atoms. The van der Waals surface area contributed by atoms with Gasteiger partial charge in [-0.05, 0) is 18.2 Å². The Morgan fingerprint density at radius 3 is 2.38 bits per heavy atom. The molecule has 1 fully saturated rings. The maximum absolute atomic E-state index is 12.8. The maximum Gasteiger partial charge on any atom is 0.262 e. The zero-order valence-corrected chi connectivity index (χ0v) is 16.3. The summed E-state index contributed by atoms with van der Waals surface area (Å²) in [5, 5.41) is 2.54. The number of nitrogens with two attached hydrogens (primary N) is 1. The van der Waals surface area contributed by atoms with Crippen LogP contribution in [0.15, 0.2) is 29.1 Å². The number of rotatable bonds is 2. The smallest absolute Gasteiger partial charge is 0.262 e. The number of nitrogens with zero attached hydrogens (tertiary/aromatic N) is 3. The maximum atomic E-state index is 12.8. The molecule has 2 aromatic rings. The topological polar surface area (TPSA) is 118 Å². The Kier molecular flexibility index (Phi) is 4.54. The highest BCUT2D eigenvalue weighted by Crippen LogP contribution is 2.31. The van der Waals surface area contributed by atoms with E-state index in [2.05, 4.69) is 5.32 Å². The van der Waals surface area contributed by atoms with Crippen molar-refractivity contribution >= 4 is 40.8 Å². The van der Waals surface area contributed by atoms with Crippen LogP contribution >= 0.6 is 11.6 Å². The van der Waals surface area contributed by atoms with Gasteiger partial charge in [0.15, 0.2) is 0 Å². The van der Waals surface area contributed by atoms with Crippen LogP contribution in [-0.2, 0) is 4.79 Å². The number of aromatic nitrogens is 1. The second-order valence-corrected chi connectivity index (χ2v) is 7.34. The predicted octanol–water partition coefficient (Wildman–Crippen LogP) is 0.625. The Morgan fingerprint density at radius 2 is 1.72 bits per heavy atom. The largest absolute Gasteiger partial charge is 0.384 e. The van der Waals surface area contributed by atoms with Crippen molar-refractivity contribution in [1.29, 1.82) is 0 Å². The van der Waals surface area contributed by atoms with Gasteiger partial charge in [-0.3, -0.25) is 29.1 Å². The summed E-state index contributed by atoms with van der Waals surface area (Å²) in [5.74, 6) is -1.40. The zero-order valence-electron chi connectivity index (χ0n) is 15.6. The third kappa shape index (κ3) is 3.13. The highest BCUT2D eigenvalue weighted by molar-refractivity contribution is 6.31. The molecule has 3 amide bonds. The number of nitrogens with one attached hydrogen (secondary N) is 1. The van der Waals surface area contributed by atoms with Gasteiger partial charge in [-0.1, -0.05) is 11.6 Å². The normalized spacial score (nSPS) is 16.1. The molecule has 10 heteroatoms. The van der Waals surface area contributed by atoms with E-state index in [1.807, 2.05) is 4.90 Å². The van der Waals surface area contributed by atoms with Crippen molar-refractivity contribution in [2.75, 3.05) is 36.8 Å². The first-order valence-electron chi connectivity index (χ1n) is 8.99. The zero-order chi connectivity index (χ0) is 20.9. The first-order chi connectivity index (χ1) is 13.8. The molecule has 3 heterocycles. The van der Waals surface area contributed by atoms with Crippen molar-refractivity contribution in [2.24, 2.45) is 0 Å². The van der Waals surface area contributed by atoms with Gasteiger partial charge in [0.2, 0.25) is 5.91 Å². The Hall–Kier alpha value is -3.33. The molecule has 0 saturated carbocycles. The number of piperazine rings is 1. The molecule has 0 bridgehead atoms. The van der Waals surface area contributed by atoms with Gasteiger partial charge < -0.3 is 15.5 Å². The van der Waals surface area contributed by atoms with Crippen molar-refractivity contribution in [3.63, 3.8) is 0 Å². The van der Waals surface area contributed by atoms with Crippen LogP contribution in [0.5, 0.6) is 0 Å². The summed E-state index contributed by atoms with van der Waals surface area (Å²) in [6.45, 7) is 3.74. The van der Waals surface area contributed by atoms with Gasteiger partial charge in [-0.25, -0.2) is 0 Å². The lowest BCUT2D eigenvalue weighted by Gasteiger charge is -2.36. The summed E-state index contributed by atoms with van der Waals surface area (Å²) < 4.78 is 1.19. The minimum atomic E-state index is -0.646. The fraction of sp³-hybridized carbons (Fsp3) is 0.263. The van der Waals surface area contributed by atoms with Crippen LogP contribution in [0.25, 0.3) is 5.69 Å². The Balaban J connectivity index is 1.83. The molecular weight excluding hydrogens is 398 g/mol. The number of anilines is 2. The van der Waals surface area contributed by atoms with Crippen LogP contribution in [0.4, 0.5) is 11.5 Å². The van der Waals surface area contributed by atoms with Gasteiger partial charge >= 0.3 is 0 Å². The molecule has 2 aliphatic heterocycles. The summed E-state index contributed by atoms with van der Waals surface area (Å²) in [6, 6.07) is 6.16. The average molecular weight is 416 g/mol. The monoisotopic (exact) mass is 415 g/mol. The molecule has 9 nitrogen and oxygen atoms in total. The van der Waals surface area contributed by atoms with E-state index >= 15 is 0 Å². The molecule has 1 aromatic heterocycles. The second kappa shape index (κ2) is 6.93. The third-order valence-electron chi connectivity index (χ3n) is 5.20. The molecule has 4 rings (SSSR count). The number of hydrogen-bond donors (Lipinski definition) is 2. The molecule has 0 aliphatic carbocycles. The van der Waals surface area contributed by atoms with E-state index in [4.69, 9.17) is 17.3 Å². The summed E-state index contributed by atoms with van der Waals surface area (Å²) >= 11 is 6.18. The summed E-state index contributed by atoms with van der Waals surface area (Å²) in [4.78, 5) is 52.2. The number of carbonyl (C=O) groups is 3. The lowest BCUT2D eigenvalue weighted by atomic mass is 10.1. The molecule has 0 radical (unpaired) electrons. The van der Waals surface area contributed by atoms with E-state index in [0.717, 1.165) is 6.07 Å². The van der Waals surface area contributed by atoms with Gasteiger partial charge in [0.05, 0.1) is 22.5 Å². The number of nitrogen functional groups attached to an aromatic ring is 1. The molecule has 0 atom stereocenters. The van der Waals surface area contributed by atoms with Crippen LogP contribution in [0.3, 0.4) is 0 Å². The van der Waals surface area contributed by atoms with Gasteiger partial charge in [0, 0.05) is 44.2 Å². The number of hydrogen-bond acceptors (Lipinski definition) is 6. The Labute approximate surface area is 170 Å². The van der Waals surface area contributed by atoms with Crippen LogP contribution < -0.4 is 21.5 Å². The number of benzene rings is 1. The van der Waals surface area contributed by atoms with Crippen LogP contribution in [0, 0.1) is 0 Å². The van der Waals surface area contributed by atoms with Gasteiger partial charge in [-0.2, -0.15) is 0 Å². The molecule has 150 valence electrons. The van der Waals surface area contributed by atoms with Crippen molar-refractivity contribution in [2.45, 2.75) is 6.92 Å². The number of pyridine rings is 1. The fourth-order valence-corrected chi connectivity index (χ4v) is 3.90. The van der Waals surface area contributed by atoms with Gasteiger partial charge in [-0.15, -0.1) is 0 Å². The molecular formula is C19H18ClN5O4. The van der Waals surface area contributed by atoms with Crippen molar-refractivity contribution < 1.29 is 14.4 Å². The molecule has 0 spiro atoms. The number of amides is 3. The van der Waals surface area contributed by atoms with E-state index in [1.165, 1.54) is 11.5 Å². The minimum absolute atomic E-state index is 0.00995. The molecule has 2 aliphatic rings. The first-order valence-corrected chi connectivity index (χ1v) is 9.37. The van der Waals surface area contributed by atoms with E-state index in [1.54, 1.807) is 23.1 Å². The van der Waals surface area contributed by atoms with Crippen LogP contribution in [0.1, 0.15) is 27.6 Å². The highest BCUT2D eigenvalue weighted by Gasteiger charge is 2.32. The Bertz CT molecular complexity index is 1120. The number of carbonyl (C=O) groups excluding carboxylic acids is 3. The average Bonchev–Trinajstić information content (AvgIpc) is 2.95. The van der Waals surface area contributed by atoms with Gasteiger partial charge in [0.25, 0.3) is 17.4 Å². The SMILES string of the molecule is CC(=O)N1CCN(c2ccc(Cl)cc2-n2c(N)c3c(cc2=O)C(=O)NC3=O)CC1. The van der Waals surface area contributed by atoms with Crippen molar-refractivity contribution in [1.82, 2.24) is 14.8 Å². The number of imide groups is 1. The fourth-order valence-electron chi connectivity index (χ4n) is 3.73. The highest BCUT2D eigenvalue weighted by atomic mass is 35.5. The number of halogens is 1. The van der Waals surface area contributed by atoms with Crippen LogP contribution in [-0.4, -0.2) is 53.4 Å². The minimum Gasteiger partial charge on any atom is -0.384 e. The third-order valence-corrected chi connectivity index (χ3v) is 5.43. The molecule has 3 N–H and O–H groups in total. The Morgan fingerprint density at radius 1 is 1.03 bits per heavy atom. The van der Waals surface area contributed by atoms with Crippen LogP contribution in [0.2, 0.25) is 5.02 Å². The lowest BCUT2D eigenvalue weighted by molar-refractivity contribution is -0.129. The first kappa shape index (κ1) is 19.0. The molecule has 1 saturated heterocycles. The van der Waals surface area contributed by atoms with Crippen molar-refractivity contribution in [3.05, 3.63) is 50.8 Å². The summed E-state index contributed by atoms with van der Waals surface area (Å²) in [6.07, 6.45) is 0. The summed E-state index contributed by atoms with van der Waals surface area (Å²) in [5.41, 5.74) is 6.66. The predicted molar refractivity (Wildman–Crippen MR) is 108 cm³/mol. The van der Waals surface area contributed by atoms with E-state index in [-0.39, 0.29) is 22.9 Å². The standard InChI is InChI=1S/C19H18ClN5O4/c1-10(26)23-4-6-24(7-5-23)13-3-2-11(20)8-14(13)25-15(27)9-12-16(17(25)21)19(29)22-18(12)28/h2-3,8-9H,4-7,21H2,1H3,(H,22,28,29). The van der Waals surface area contributed by atoms with E-state index < -0.39 is 17.4 Å². The molecule has 0 unspecified atom stereocenters. The van der Waals surface area contributed by atoms with E-state index in [9.17, 15) is 19.2 Å². The number of fused-ring (bicyclic) bond motifs is 1. The van der Waals surface area contributed by atoms with Gasteiger partial charge in [0.1, 0.15) is 5.82 Å². The molecule has 1 aromatic carbocycles. The lowest BCUT2D eigenvalue weighted by Crippen LogP contribution is -2.48. The van der Waals surface area contributed by atoms with E-state index in [0.29, 0.717) is 42.6 Å². The summed E-state index contributed by atoms with van der Waals surface area (Å²) in [7, 11) is 0. The second-order valence-electron chi connectivity index (χ2n) is 6.90. The quantitative estimate of drug-likeness (QED) is 0.694. The van der Waals surface area contributed by atoms with Crippen molar-refractivity contribution in [3.8, 4) is 5.69 Å².